The Labute approximate surface area is 118 Å². The number of nitrogens with zero attached hydrogens (tertiary/aromatic N) is 4. The average Bonchev–Trinajstić information content (AvgIpc) is 2.78. The van der Waals surface area contributed by atoms with Gasteiger partial charge in [0, 0.05) is 6.54 Å². The predicted octanol–water partition coefficient (Wildman–Crippen LogP) is 0.572. The first-order valence-electron chi connectivity index (χ1n) is 6.28. The lowest BCUT2D eigenvalue weighted by Crippen LogP contribution is -2.29. The van der Waals surface area contributed by atoms with Crippen LogP contribution in [-0.4, -0.2) is 19.1 Å². The van der Waals surface area contributed by atoms with Crippen LogP contribution in [0.15, 0.2) is 39.9 Å². The Bertz CT molecular complexity index is 973. The summed E-state index contributed by atoms with van der Waals surface area (Å²) >= 11 is 0. The summed E-state index contributed by atoms with van der Waals surface area (Å²) in [5.74, 6) is 0.564. The van der Waals surface area contributed by atoms with Gasteiger partial charge in [-0.2, -0.15) is 9.83 Å². The zero-order valence-electron chi connectivity index (χ0n) is 11.2. The minimum Gasteiger partial charge on any atom is -0.318 e. The Hall–Kier alpha value is -3.14. The van der Waals surface area contributed by atoms with Crippen LogP contribution in [-0.2, 0) is 6.54 Å². The quantitative estimate of drug-likeness (QED) is 0.742. The number of imidazole rings is 1. The number of aryl methyl sites for hydroxylation is 1. The SMILES string of the molecule is Cc1nc2c(c(=O)[nH]c(=O)n2C#N)n1Cc1ccccc1. The summed E-state index contributed by atoms with van der Waals surface area (Å²) < 4.78 is 2.47. The summed E-state index contributed by atoms with van der Waals surface area (Å²) in [6, 6.07) is 9.57. The summed E-state index contributed by atoms with van der Waals surface area (Å²) in [4.78, 5) is 30.0. The molecule has 104 valence electrons. The van der Waals surface area contributed by atoms with Crippen molar-refractivity contribution in [1.82, 2.24) is 19.1 Å². The van der Waals surface area contributed by atoms with Crippen LogP contribution in [0.3, 0.4) is 0 Å². The molecule has 3 rings (SSSR count). The van der Waals surface area contributed by atoms with Crippen molar-refractivity contribution >= 4 is 11.2 Å². The van der Waals surface area contributed by atoms with Gasteiger partial charge in [0.2, 0.25) is 0 Å². The molecule has 0 aliphatic rings. The van der Waals surface area contributed by atoms with Gasteiger partial charge in [0.05, 0.1) is 0 Å². The van der Waals surface area contributed by atoms with E-state index in [1.54, 1.807) is 17.7 Å². The molecule has 2 heterocycles. The molecule has 0 aliphatic heterocycles. The maximum absolute atomic E-state index is 12.1. The third-order valence-corrected chi connectivity index (χ3v) is 3.27. The van der Waals surface area contributed by atoms with Gasteiger partial charge in [-0.15, -0.1) is 0 Å². The van der Waals surface area contributed by atoms with E-state index in [0.29, 0.717) is 12.4 Å². The van der Waals surface area contributed by atoms with E-state index in [-0.39, 0.29) is 11.2 Å². The molecule has 7 nitrogen and oxygen atoms in total. The number of benzene rings is 1. The van der Waals surface area contributed by atoms with Crippen LogP contribution in [0.1, 0.15) is 11.4 Å². The minimum atomic E-state index is -0.778. The van der Waals surface area contributed by atoms with Gasteiger partial charge in [-0.3, -0.25) is 9.78 Å². The first kappa shape index (κ1) is 12.9. The van der Waals surface area contributed by atoms with Crippen molar-refractivity contribution in [3.63, 3.8) is 0 Å². The van der Waals surface area contributed by atoms with Crippen molar-refractivity contribution in [3.05, 3.63) is 62.6 Å². The molecule has 0 aliphatic carbocycles. The van der Waals surface area contributed by atoms with E-state index in [9.17, 15) is 9.59 Å². The first-order valence-corrected chi connectivity index (χ1v) is 6.28. The number of nitriles is 1. The number of H-pyrrole nitrogens is 1. The van der Waals surface area contributed by atoms with Gasteiger partial charge < -0.3 is 4.57 Å². The third-order valence-electron chi connectivity index (χ3n) is 3.27. The standard InChI is InChI=1S/C14H11N5O2/c1-9-16-12-11(13(20)17-14(21)19(12)8-15)18(9)7-10-5-3-2-4-6-10/h2-6H,7H2,1H3,(H,17,20,21). The molecule has 1 N–H and O–H groups in total. The highest BCUT2D eigenvalue weighted by atomic mass is 16.2. The molecule has 7 heteroatoms. The van der Waals surface area contributed by atoms with Gasteiger partial charge in [0.15, 0.2) is 17.4 Å². The fourth-order valence-corrected chi connectivity index (χ4v) is 2.29. The molecular formula is C14H11N5O2. The predicted molar refractivity (Wildman–Crippen MR) is 75.9 cm³/mol. The Balaban J connectivity index is 2.30. The molecule has 2 aromatic heterocycles. The lowest BCUT2D eigenvalue weighted by atomic mass is 10.2. The summed E-state index contributed by atoms with van der Waals surface area (Å²) in [6.07, 6.45) is 1.73. The summed E-state index contributed by atoms with van der Waals surface area (Å²) in [5.41, 5.74) is -0.0245. The highest BCUT2D eigenvalue weighted by Gasteiger charge is 2.16. The van der Waals surface area contributed by atoms with Crippen molar-refractivity contribution in [2.45, 2.75) is 13.5 Å². The van der Waals surface area contributed by atoms with Crippen LogP contribution in [0, 0.1) is 18.4 Å². The van der Waals surface area contributed by atoms with Crippen molar-refractivity contribution in [3.8, 4) is 6.19 Å². The van der Waals surface area contributed by atoms with Crippen LogP contribution >= 0.6 is 0 Å². The normalized spacial score (nSPS) is 10.7. The van der Waals surface area contributed by atoms with Crippen molar-refractivity contribution < 1.29 is 0 Å². The number of hydrogen-bond donors (Lipinski definition) is 1. The summed E-state index contributed by atoms with van der Waals surface area (Å²) in [7, 11) is 0. The van der Waals surface area contributed by atoms with Crippen molar-refractivity contribution in [2.24, 2.45) is 0 Å². The van der Waals surface area contributed by atoms with Crippen molar-refractivity contribution in [1.29, 1.82) is 5.26 Å². The van der Waals surface area contributed by atoms with Crippen LogP contribution in [0.25, 0.3) is 11.2 Å². The average molecular weight is 281 g/mol. The second kappa shape index (κ2) is 4.76. The Morgan fingerprint density at radius 3 is 2.67 bits per heavy atom. The van der Waals surface area contributed by atoms with Gasteiger partial charge in [0.25, 0.3) is 5.56 Å². The molecule has 0 unspecified atom stereocenters. The molecular weight excluding hydrogens is 270 g/mol. The lowest BCUT2D eigenvalue weighted by Gasteiger charge is -2.06. The third kappa shape index (κ3) is 2.03. The van der Waals surface area contributed by atoms with Crippen LogP contribution in [0.4, 0.5) is 0 Å². The molecule has 0 atom stereocenters. The summed E-state index contributed by atoms with van der Waals surface area (Å²) in [6.45, 7) is 2.17. The topological polar surface area (TPSA) is 96.5 Å². The molecule has 0 spiro atoms. The Morgan fingerprint density at radius 2 is 2.00 bits per heavy atom. The molecule has 0 radical (unpaired) electrons. The molecule has 0 saturated carbocycles. The maximum Gasteiger partial charge on any atom is 0.343 e. The second-order valence-electron chi connectivity index (χ2n) is 4.60. The molecule has 0 amide bonds. The molecule has 0 bridgehead atoms. The van der Waals surface area contributed by atoms with Gasteiger partial charge in [-0.1, -0.05) is 30.3 Å². The fraction of sp³-hybridized carbons (Fsp3) is 0.143. The van der Waals surface area contributed by atoms with Crippen LogP contribution < -0.4 is 11.2 Å². The summed E-state index contributed by atoms with van der Waals surface area (Å²) in [5, 5.41) is 9.04. The number of aromatic nitrogens is 4. The molecule has 21 heavy (non-hydrogen) atoms. The Kier molecular flexibility index (Phi) is 2.92. The molecule has 0 fully saturated rings. The zero-order chi connectivity index (χ0) is 15.0. The zero-order valence-corrected chi connectivity index (χ0v) is 11.2. The smallest absolute Gasteiger partial charge is 0.318 e. The van der Waals surface area contributed by atoms with E-state index in [4.69, 9.17) is 5.26 Å². The van der Waals surface area contributed by atoms with E-state index >= 15 is 0 Å². The fourth-order valence-electron chi connectivity index (χ4n) is 2.29. The van der Waals surface area contributed by atoms with Gasteiger partial charge in [-0.25, -0.2) is 9.78 Å². The number of hydrogen-bond acceptors (Lipinski definition) is 4. The lowest BCUT2D eigenvalue weighted by molar-refractivity contribution is 0.781. The van der Waals surface area contributed by atoms with Crippen LogP contribution in [0.5, 0.6) is 0 Å². The van der Waals surface area contributed by atoms with E-state index in [2.05, 4.69) is 9.97 Å². The van der Waals surface area contributed by atoms with E-state index in [1.807, 2.05) is 30.3 Å². The van der Waals surface area contributed by atoms with E-state index < -0.39 is 11.2 Å². The largest absolute Gasteiger partial charge is 0.343 e. The molecule has 3 aromatic rings. The van der Waals surface area contributed by atoms with Crippen molar-refractivity contribution in [2.75, 3.05) is 0 Å². The maximum atomic E-state index is 12.1. The van der Waals surface area contributed by atoms with Gasteiger partial charge in [-0.05, 0) is 12.5 Å². The monoisotopic (exact) mass is 281 g/mol. The molecule has 0 saturated heterocycles. The number of aromatic amines is 1. The van der Waals surface area contributed by atoms with E-state index in [1.165, 1.54) is 0 Å². The Morgan fingerprint density at radius 1 is 1.29 bits per heavy atom. The number of nitrogens with one attached hydrogen (secondary N) is 1. The van der Waals surface area contributed by atoms with E-state index in [0.717, 1.165) is 10.1 Å². The van der Waals surface area contributed by atoms with Gasteiger partial charge >= 0.3 is 5.69 Å². The first-order chi connectivity index (χ1) is 10.1. The second-order valence-corrected chi connectivity index (χ2v) is 4.60. The minimum absolute atomic E-state index is 0.0830. The highest BCUT2D eigenvalue weighted by Crippen LogP contribution is 2.13. The van der Waals surface area contributed by atoms with Gasteiger partial charge in [0.1, 0.15) is 5.82 Å². The number of rotatable bonds is 2. The number of fused-ring (bicyclic) bond motifs is 1. The molecule has 1 aromatic carbocycles. The highest BCUT2D eigenvalue weighted by molar-refractivity contribution is 5.71. The van der Waals surface area contributed by atoms with Crippen LogP contribution in [0.2, 0.25) is 0 Å².